The lowest BCUT2D eigenvalue weighted by atomic mass is 9.97. The van der Waals surface area contributed by atoms with Crippen molar-refractivity contribution in [3.05, 3.63) is 38.2 Å². The largest absolute Gasteiger partial charge is 0.309 e. The molecule has 0 radical (unpaired) electrons. The minimum absolute atomic E-state index is 0.0510. The van der Waals surface area contributed by atoms with Gasteiger partial charge in [0.05, 0.1) is 16.4 Å². The van der Waals surface area contributed by atoms with Crippen LogP contribution in [0.3, 0.4) is 0 Å². The highest BCUT2D eigenvalue weighted by molar-refractivity contribution is 7.99. The zero-order valence-electron chi connectivity index (χ0n) is 14.2. The third-order valence-corrected chi connectivity index (χ3v) is 7.40. The van der Waals surface area contributed by atoms with Gasteiger partial charge in [-0.25, -0.2) is 9.97 Å². The lowest BCUT2D eigenvalue weighted by Crippen LogP contribution is -2.22. The first kappa shape index (κ1) is 17.7. The molecule has 136 valence electrons. The van der Waals surface area contributed by atoms with Gasteiger partial charge in [-0.3, -0.25) is 9.59 Å². The molecule has 1 atom stereocenters. The summed E-state index contributed by atoms with van der Waals surface area (Å²) in [6, 6.07) is 0. The summed E-state index contributed by atoms with van der Waals surface area (Å²) in [5, 5.41) is 5.71. The molecule has 0 spiro atoms. The van der Waals surface area contributed by atoms with Crippen LogP contribution in [0.2, 0.25) is 0 Å². The second-order valence-electron chi connectivity index (χ2n) is 6.18. The van der Waals surface area contributed by atoms with Crippen LogP contribution in [0, 0.1) is 0 Å². The first-order valence-electron chi connectivity index (χ1n) is 8.47. The van der Waals surface area contributed by atoms with E-state index < -0.39 is 0 Å². The molecule has 0 saturated heterocycles. The molecule has 0 bridgehead atoms. The van der Waals surface area contributed by atoms with E-state index in [1.165, 1.54) is 40.0 Å². The first-order valence-corrected chi connectivity index (χ1v) is 11.2. The fourth-order valence-electron chi connectivity index (χ4n) is 3.05. The molecule has 26 heavy (non-hydrogen) atoms. The Morgan fingerprint density at radius 2 is 2.27 bits per heavy atom. The van der Waals surface area contributed by atoms with Crippen LogP contribution in [-0.2, 0) is 23.4 Å². The van der Waals surface area contributed by atoms with Gasteiger partial charge in [0.1, 0.15) is 10.7 Å². The number of fused-ring (bicyclic) bond motifs is 3. The molecule has 1 aliphatic rings. The van der Waals surface area contributed by atoms with Crippen molar-refractivity contribution in [3.8, 4) is 0 Å². The molecule has 3 aromatic heterocycles. The number of carbonyl (C=O) groups excluding carboxylic acids is 1. The zero-order chi connectivity index (χ0) is 18.1. The summed E-state index contributed by atoms with van der Waals surface area (Å²) >= 11 is 4.48. The molecular formula is C17H18N4O2S3. The van der Waals surface area contributed by atoms with Crippen LogP contribution >= 0.6 is 34.4 Å². The second-order valence-corrected chi connectivity index (χ2v) is 9.49. The van der Waals surface area contributed by atoms with E-state index in [0.29, 0.717) is 16.7 Å². The van der Waals surface area contributed by atoms with Crippen LogP contribution in [-0.4, -0.2) is 26.1 Å². The number of hydrogen-bond acceptors (Lipinski definition) is 7. The van der Waals surface area contributed by atoms with Crippen LogP contribution < -0.4 is 10.9 Å². The topological polar surface area (TPSA) is 87.7 Å². The van der Waals surface area contributed by atoms with Gasteiger partial charge in [0, 0.05) is 16.5 Å². The summed E-state index contributed by atoms with van der Waals surface area (Å²) in [7, 11) is 0. The van der Waals surface area contributed by atoms with Crippen molar-refractivity contribution in [2.24, 2.45) is 0 Å². The van der Waals surface area contributed by atoms with Crippen molar-refractivity contribution < 1.29 is 4.79 Å². The molecule has 4 rings (SSSR count). The van der Waals surface area contributed by atoms with E-state index >= 15 is 0 Å². The first-order chi connectivity index (χ1) is 12.6. The Labute approximate surface area is 162 Å². The Bertz CT molecular complexity index is 994. The van der Waals surface area contributed by atoms with Crippen molar-refractivity contribution in [2.75, 3.05) is 5.32 Å². The van der Waals surface area contributed by atoms with E-state index in [-0.39, 0.29) is 16.7 Å². The molecule has 0 saturated carbocycles. The van der Waals surface area contributed by atoms with E-state index in [1.807, 2.05) is 12.3 Å². The maximum absolute atomic E-state index is 12.5. The summed E-state index contributed by atoms with van der Waals surface area (Å²) < 4.78 is 0. The molecule has 0 aliphatic heterocycles. The number of hydrogen-bond donors (Lipinski definition) is 2. The third-order valence-electron chi connectivity index (χ3n) is 4.38. The van der Waals surface area contributed by atoms with Crippen LogP contribution in [0.4, 0.5) is 5.13 Å². The fourth-order valence-corrected chi connectivity index (χ4v) is 5.62. The number of thiazole rings is 1. The van der Waals surface area contributed by atoms with E-state index in [4.69, 9.17) is 0 Å². The zero-order valence-corrected chi connectivity index (χ0v) is 16.7. The Kier molecular flexibility index (Phi) is 5.10. The summed E-state index contributed by atoms with van der Waals surface area (Å²) in [5.74, 6) is 1.01. The molecule has 1 aliphatic carbocycles. The van der Waals surface area contributed by atoms with Gasteiger partial charge < -0.3 is 10.3 Å². The fraction of sp³-hybridized carbons (Fsp3) is 0.412. The standard InChI is InChI=1S/C17H18N4O2S3/c1-9(14(22)21-17-18-6-7-24-17)25-8-12-19-15(23)13-10-4-2-3-5-11(10)26-16(13)20-12/h6-7,9H,2-5,8H2,1H3,(H,18,21,22)(H,19,20,23). The normalized spacial score (nSPS) is 15.0. The molecule has 0 fully saturated rings. The molecule has 1 unspecified atom stereocenters. The van der Waals surface area contributed by atoms with Gasteiger partial charge in [-0.2, -0.15) is 0 Å². The minimum Gasteiger partial charge on any atom is -0.309 e. The molecule has 9 heteroatoms. The quantitative estimate of drug-likeness (QED) is 0.676. The smallest absolute Gasteiger partial charge is 0.259 e. The summed E-state index contributed by atoms with van der Waals surface area (Å²) in [6.45, 7) is 1.84. The van der Waals surface area contributed by atoms with Gasteiger partial charge in [-0.1, -0.05) is 0 Å². The highest BCUT2D eigenvalue weighted by Gasteiger charge is 2.20. The molecule has 2 N–H and O–H groups in total. The number of thiophene rings is 1. The number of aryl methyl sites for hydroxylation is 2. The third kappa shape index (κ3) is 3.56. The summed E-state index contributed by atoms with van der Waals surface area (Å²) in [4.78, 5) is 38.5. The highest BCUT2D eigenvalue weighted by Crippen LogP contribution is 2.33. The van der Waals surface area contributed by atoms with Crippen molar-refractivity contribution in [3.63, 3.8) is 0 Å². The molecule has 6 nitrogen and oxygen atoms in total. The monoisotopic (exact) mass is 406 g/mol. The number of aromatic nitrogens is 3. The molecular weight excluding hydrogens is 388 g/mol. The van der Waals surface area contributed by atoms with Gasteiger partial charge in [0.15, 0.2) is 5.13 Å². The van der Waals surface area contributed by atoms with Crippen molar-refractivity contribution in [2.45, 2.75) is 43.6 Å². The SMILES string of the molecule is CC(SCc1nc2sc3c(c2c(=O)[nH]1)CCCC3)C(=O)Nc1nccs1. The van der Waals surface area contributed by atoms with Gasteiger partial charge in [0.25, 0.3) is 5.56 Å². The van der Waals surface area contributed by atoms with Crippen LogP contribution in [0.15, 0.2) is 16.4 Å². The van der Waals surface area contributed by atoms with Crippen LogP contribution in [0.25, 0.3) is 10.2 Å². The van der Waals surface area contributed by atoms with E-state index in [1.54, 1.807) is 17.5 Å². The Balaban J connectivity index is 1.47. The molecule has 1 amide bonds. The van der Waals surface area contributed by atoms with E-state index in [2.05, 4.69) is 20.3 Å². The summed E-state index contributed by atoms with van der Waals surface area (Å²) in [5.41, 5.74) is 1.14. The average molecular weight is 407 g/mol. The Morgan fingerprint density at radius 1 is 1.42 bits per heavy atom. The number of aromatic amines is 1. The predicted octanol–water partition coefficient (Wildman–Crippen LogP) is 3.58. The Hall–Kier alpha value is -1.71. The molecule has 0 aromatic carbocycles. The van der Waals surface area contributed by atoms with Crippen molar-refractivity contribution in [1.29, 1.82) is 0 Å². The van der Waals surface area contributed by atoms with Crippen molar-refractivity contribution in [1.82, 2.24) is 15.0 Å². The average Bonchev–Trinajstić information content (AvgIpc) is 3.26. The number of H-pyrrole nitrogens is 1. The second kappa shape index (κ2) is 7.50. The van der Waals surface area contributed by atoms with Gasteiger partial charge in [-0.15, -0.1) is 34.4 Å². The minimum atomic E-state index is -0.267. The number of nitrogens with one attached hydrogen (secondary N) is 2. The number of anilines is 1. The van der Waals surface area contributed by atoms with Crippen LogP contribution in [0.5, 0.6) is 0 Å². The number of thioether (sulfide) groups is 1. The number of nitrogens with zero attached hydrogens (tertiary/aromatic N) is 2. The van der Waals surface area contributed by atoms with Crippen molar-refractivity contribution >= 4 is 55.7 Å². The number of carbonyl (C=O) groups is 1. The number of amides is 1. The molecule has 3 heterocycles. The summed E-state index contributed by atoms with van der Waals surface area (Å²) in [6.07, 6.45) is 6.01. The maximum atomic E-state index is 12.5. The van der Waals surface area contributed by atoms with Crippen LogP contribution in [0.1, 0.15) is 36.0 Å². The lowest BCUT2D eigenvalue weighted by molar-refractivity contribution is -0.115. The van der Waals surface area contributed by atoms with Gasteiger partial charge in [0.2, 0.25) is 5.91 Å². The lowest BCUT2D eigenvalue weighted by Gasteiger charge is -2.10. The Morgan fingerprint density at radius 3 is 3.08 bits per heavy atom. The predicted molar refractivity (Wildman–Crippen MR) is 108 cm³/mol. The van der Waals surface area contributed by atoms with Gasteiger partial charge in [-0.05, 0) is 38.2 Å². The van der Waals surface area contributed by atoms with E-state index in [0.717, 1.165) is 29.5 Å². The van der Waals surface area contributed by atoms with E-state index in [9.17, 15) is 9.59 Å². The molecule has 3 aromatic rings. The number of rotatable bonds is 5. The highest BCUT2D eigenvalue weighted by atomic mass is 32.2. The maximum Gasteiger partial charge on any atom is 0.259 e. The van der Waals surface area contributed by atoms with Gasteiger partial charge >= 0.3 is 0 Å².